The molecule has 0 unspecified atom stereocenters. The number of hydrogen-bond acceptors (Lipinski definition) is 4. The average molecular weight is 267 g/mol. The van der Waals surface area contributed by atoms with Crippen LogP contribution in [0.15, 0.2) is 30.5 Å². The number of anilines is 1. The van der Waals surface area contributed by atoms with Crippen LogP contribution in [0.25, 0.3) is 17.0 Å². The third-order valence-corrected chi connectivity index (χ3v) is 3.23. The Kier molecular flexibility index (Phi) is 3.10. The van der Waals surface area contributed by atoms with Gasteiger partial charge < -0.3 is 5.73 Å². The molecule has 0 aliphatic rings. The molecule has 0 saturated heterocycles. The number of rotatable bonds is 3. The number of nitrogen functional groups attached to an aromatic ring is 1. The zero-order valence-electron chi connectivity index (χ0n) is 11.7. The third-order valence-electron chi connectivity index (χ3n) is 3.23. The number of nitrogens with zero attached hydrogens (tertiary/aromatic N) is 4. The molecule has 0 aliphatic carbocycles. The van der Waals surface area contributed by atoms with Gasteiger partial charge in [0.25, 0.3) is 0 Å². The van der Waals surface area contributed by atoms with Crippen molar-refractivity contribution in [3.63, 3.8) is 0 Å². The van der Waals surface area contributed by atoms with Gasteiger partial charge in [0.2, 0.25) is 11.7 Å². The standard InChI is InChI=1S/C15H17N5/c1-3-4-13-18-14(16)20-9-12(17-15(20)19-13)11-7-5-10(2)6-8-11/h5-9H,3-4H2,1-2H3,(H2,16,17,18,19). The van der Waals surface area contributed by atoms with Crippen molar-refractivity contribution in [1.82, 2.24) is 19.4 Å². The summed E-state index contributed by atoms with van der Waals surface area (Å²) >= 11 is 0. The maximum Gasteiger partial charge on any atom is 0.238 e. The van der Waals surface area contributed by atoms with E-state index in [-0.39, 0.29) is 0 Å². The molecule has 0 radical (unpaired) electrons. The van der Waals surface area contributed by atoms with Crippen molar-refractivity contribution < 1.29 is 0 Å². The summed E-state index contributed by atoms with van der Waals surface area (Å²) in [5.74, 6) is 1.79. The van der Waals surface area contributed by atoms with E-state index in [4.69, 9.17) is 5.73 Å². The van der Waals surface area contributed by atoms with Crippen molar-refractivity contribution in [2.45, 2.75) is 26.7 Å². The molecule has 2 heterocycles. The molecule has 1 aromatic carbocycles. The quantitative estimate of drug-likeness (QED) is 0.792. The lowest BCUT2D eigenvalue weighted by Crippen LogP contribution is -2.05. The van der Waals surface area contributed by atoms with Gasteiger partial charge in [-0.15, -0.1) is 0 Å². The number of benzene rings is 1. The molecule has 5 heteroatoms. The predicted molar refractivity (Wildman–Crippen MR) is 79.4 cm³/mol. The highest BCUT2D eigenvalue weighted by Crippen LogP contribution is 2.20. The lowest BCUT2D eigenvalue weighted by molar-refractivity contribution is 0.822. The van der Waals surface area contributed by atoms with Crippen LogP contribution in [0.4, 0.5) is 5.95 Å². The smallest absolute Gasteiger partial charge is 0.238 e. The van der Waals surface area contributed by atoms with Crippen molar-refractivity contribution >= 4 is 11.7 Å². The summed E-state index contributed by atoms with van der Waals surface area (Å²) < 4.78 is 1.73. The van der Waals surface area contributed by atoms with Crippen molar-refractivity contribution in [3.8, 4) is 11.3 Å². The Hall–Kier alpha value is -2.43. The van der Waals surface area contributed by atoms with Crippen LogP contribution in [0.5, 0.6) is 0 Å². The minimum absolute atomic E-state index is 0.435. The highest BCUT2D eigenvalue weighted by atomic mass is 15.2. The highest BCUT2D eigenvalue weighted by molar-refractivity contribution is 5.62. The Morgan fingerprint density at radius 3 is 2.55 bits per heavy atom. The van der Waals surface area contributed by atoms with E-state index in [1.807, 2.05) is 18.3 Å². The van der Waals surface area contributed by atoms with E-state index in [2.05, 4.69) is 40.9 Å². The van der Waals surface area contributed by atoms with E-state index in [0.717, 1.165) is 29.9 Å². The van der Waals surface area contributed by atoms with E-state index < -0.39 is 0 Å². The second-order valence-corrected chi connectivity index (χ2v) is 4.91. The number of fused-ring (bicyclic) bond motifs is 1. The topological polar surface area (TPSA) is 69.1 Å². The van der Waals surface area contributed by atoms with Crippen LogP contribution < -0.4 is 5.73 Å². The molecule has 2 N–H and O–H groups in total. The Morgan fingerprint density at radius 2 is 1.85 bits per heavy atom. The van der Waals surface area contributed by atoms with Crippen LogP contribution in [0.2, 0.25) is 0 Å². The largest absolute Gasteiger partial charge is 0.369 e. The van der Waals surface area contributed by atoms with Crippen molar-refractivity contribution in [2.75, 3.05) is 5.73 Å². The van der Waals surface area contributed by atoms with Gasteiger partial charge in [0.15, 0.2) is 0 Å². The fourth-order valence-electron chi connectivity index (χ4n) is 2.14. The molecule has 3 rings (SSSR count). The number of imidazole rings is 1. The second-order valence-electron chi connectivity index (χ2n) is 4.91. The lowest BCUT2D eigenvalue weighted by atomic mass is 10.1. The number of hydrogen-bond donors (Lipinski definition) is 1. The summed E-state index contributed by atoms with van der Waals surface area (Å²) in [6, 6.07) is 8.23. The minimum atomic E-state index is 0.435. The van der Waals surface area contributed by atoms with Crippen LogP contribution in [0, 0.1) is 6.92 Å². The Bertz CT molecular complexity index is 743. The molecule has 0 fully saturated rings. The second kappa shape index (κ2) is 4.92. The van der Waals surface area contributed by atoms with E-state index >= 15 is 0 Å². The molecule has 102 valence electrons. The van der Waals surface area contributed by atoms with E-state index in [1.165, 1.54) is 5.56 Å². The molecular formula is C15H17N5. The third kappa shape index (κ3) is 2.22. The maximum atomic E-state index is 5.97. The first kappa shape index (κ1) is 12.6. The van der Waals surface area contributed by atoms with Crippen molar-refractivity contribution in [1.29, 1.82) is 0 Å². The first-order valence-corrected chi connectivity index (χ1v) is 6.76. The summed E-state index contributed by atoms with van der Waals surface area (Å²) in [6.07, 6.45) is 3.68. The Labute approximate surface area is 117 Å². The molecule has 0 amide bonds. The molecule has 0 aliphatic heterocycles. The zero-order chi connectivity index (χ0) is 14.1. The van der Waals surface area contributed by atoms with Crippen LogP contribution in [-0.4, -0.2) is 19.4 Å². The van der Waals surface area contributed by atoms with Crippen LogP contribution >= 0.6 is 0 Å². The summed E-state index contributed by atoms with van der Waals surface area (Å²) in [7, 11) is 0. The summed E-state index contributed by atoms with van der Waals surface area (Å²) in [4.78, 5) is 13.3. The van der Waals surface area contributed by atoms with Crippen molar-refractivity contribution in [2.24, 2.45) is 0 Å². The lowest BCUT2D eigenvalue weighted by Gasteiger charge is -2.00. The number of aromatic nitrogens is 4. The first-order chi connectivity index (χ1) is 9.67. The molecule has 2 aromatic heterocycles. The molecule has 20 heavy (non-hydrogen) atoms. The normalized spacial score (nSPS) is 11.1. The number of aryl methyl sites for hydroxylation is 2. The first-order valence-electron chi connectivity index (χ1n) is 6.76. The van der Waals surface area contributed by atoms with Gasteiger partial charge in [0, 0.05) is 18.2 Å². The van der Waals surface area contributed by atoms with Crippen molar-refractivity contribution in [3.05, 3.63) is 41.9 Å². The molecule has 5 nitrogen and oxygen atoms in total. The van der Waals surface area contributed by atoms with Gasteiger partial charge in [0.05, 0.1) is 5.69 Å². The summed E-state index contributed by atoms with van der Waals surface area (Å²) in [6.45, 7) is 4.15. The van der Waals surface area contributed by atoms with Gasteiger partial charge in [-0.05, 0) is 13.3 Å². The van der Waals surface area contributed by atoms with E-state index in [0.29, 0.717) is 11.7 Å². The molecule has 0 bridgehead atoms. The highest BCUT2D eigenvalue weighted by Gasteiger charge is 2.09. The minimum Gasteiger partial charge on any atom is -0.369 e. The molecule has 0 saturated carbocycles. The van der Waals surface area contributed by atoms with E-state index in [1.54, 1.807) is 4.40 Å². The van der Waals surface area contributed by atoms with Crippen LogP contribution in [0.1, 0.15) is 24.7 Å². The van der Waals surface area contributed by atoms with Crippen LogP contribution in [-0.2, 0) is 6.42 Å². The predicted octanol–water partition coefficient (Wildman–Crippen LogP) is 2.63. The SMILES string of the molecule is CCCc1nc(N)n2cc(-c3ccc(C)cc3)nc2n1. The average Bonchev–Trinajstić information content (AvgIpc) is 2.84. The molecule has 0 atom stereocenters. The van der Waals surface area contributed by atoms with Gasteiger partial charge in [0.1, 0.15) is 5.82 Å². The Morgan fingerprint density at radius 1 is 1.10 bits per heavy atom. The maximum absolute atomic E-state index is 5.97. The summed E-state index contributed by atoms with van der Waals surface area (Å²) in [5, 5.41) is 0. The van der Waals surface area contributed by atoms with Gasteiger partial charge in [-0.3, -0.25) is 4.40 Å². The Balaban J connectivity index is 2.10. The van der Waals surface area contributed by atoms with Gasteiger partial charge in [-0.1, -0.05) is 36.8 Å². The molecular weight excluding hydrogens is 250 g/mol. The summed E-state index contributed by atoms with van der Waals surface area (Å²) in [5.41, 5.74) is 9.11. The fourth-order valence-corrected chi connectivity index (χ4v) is 2.14. The zero-order valence-corrected chi connectivity index (χ0v) is 11.7. The number of nitrogens with two attached hydrogens (primary N) is 1. The van der Waals surface area contributed by atoms with Gasteiger partial charge in [-0.25, -0.2) is 4.98 Å². The monoisotopic (exact) mass is 267 g/mol. The van der Waals surface area contributed by atoms with Gasteiger partial charge in [-0.2, -0.15) is 9.97 Å². The van der Waals surface area contributed by atoms with Crippen LogP contribution in [0.3, 0.4) is 0 Å². The fraction of sp³-hybridized carbons (Fsp3) is 0.267. The van der Waals surface area contributed by atoms with E-state index in [9.17, 15) is 0 Å². The molecule has 3 aromatic rings. The van der Waals surface area contributed by atoms with Gasteiger partial charge >= 0.3 is 0 Å². The molecule has 0 spiro atoms.